The van der Waals surface area contributed by atoms with Gasteiger partial charge in [0.2, 0.25) is 0 Å². The summed E-state index contributed by atoms with van der Waals surface area (Å²) in [6.07, 6.45) is 5.47. The van der Waals surface area contributed by atoms with Gasteiger partial charge in [-0.05, 0) is 178 Å². The van der Waals surface area contributed by atoms with E-state index in [9.17, 15) is 9.59 Å². The summed E-state index contributed by atoms with van der Waals surface area (Å²) < 4.78 is 10.7. The first-order valence-corrected chi connectivity index (χ1v) is 33.0. The Morgan fingerprint density at radius 3 is 0.731 bits per heavy atom. The molecule has 0 bridgehead atoms. The third-order valence-electron chi connectivity index (χ3n) is 21.8. The Bertz CT molecular complexity index is 4720. The Kier molecular flexibility index (Phi) is 14.5. The van der Waals surface area contributed by atoms with Crippen LogP contribution in [-0.2, 0) is 66.4 Å². The summed E-state index contributed by atoms with van der Waals surface area (Å²) in [5.41, 5.74) is 28.3. The Morgan fingerprint density at radius 1 is 0.247 bits per heavy atom. The van der Waals surface area contributed by atoms with Crippen LogP contribution in [0.25, 0.3) is 66.8 Å². The Balaban J connectivity index is 0.885. The lowest BCUT2D eigenvalue weighted by Crippen LogP contribution is -2.41. The van der Waals surface area contributed by atoms with Crippen LogP contribution in [0.15, 0.2) is 291 Å². The standard InChI is InChI=1S/C89H72O4/c1-92-84(90)52-51-60-27-3-7-31-64(60)65-32-8-4-28-61(65)56-88(80-47-23-15-39-72(80)73-40-16-24-48-81(73)88)59-89(82-49-25-17-41-74(82)75-42-18-26-50-83(75)89)57-63-30-6-10-34-67(63)66-33-9-5-29-62(66)55-87(78-45-21-13-37-70(78)71-38-14-22-46-79(71)87)58-86(54-53-85(91)93-2)76-43-19-11-35-68(76)69-36-12-20-44-77(69)86/h3-50H,51-59H2,1-2H3. The van der Waals surface area contributed by atoms with Crippen molar-refractivity contribution in [1.29, 1.82) is 0 Å². The van der Waals surface area contributed by atoms with Crippen molar-refractivity contribution in [2.24, 2.45) is 0 Å². The highest BCUT2D eigenvalue weighted by Gasteiger charge is 2.55. The number of carbonyl (C=O) groups is 2. The monoisotopic (exact) mass is 1200 g/mol. The molecule has 12 aromatic carbocycles. The van der Waals surface area contributed by atoms with E-state index in [4.69, 9.17) is 9.47 Å². The van der Waals surface area contributed by atoms with Crippen molar-refractivity contribution >= 4 is 11.9 Å². The topological polar surface area (TPSA) is 52.6 Å². The molecule has 0 fully saturated rings. The van der Waals surface area contributed by atoms with Crippen LogP contribution in [0.3, 0.4) is 0 Å². The van der Waals surface area contributed by atoms with Crippen molar-refractivity contribution in [2.75, 3.05) is 14.2 Å². The van der Waals surface area contributed by atoms with Crippen LogP contribution in [0.4, 0.5) is 0 Å². The molecule has 0 aromatic heterocycles. The van der Waals surface area contributed by atoms with Crippen molar-refractivity contribution in [1.82, 2.24) is 0 Å². The van der Waals surface area contributed by atoms with Crippen LogP contribution in [0.5, 0.6) is 0 Å². The van der Waals surface area contributed by atoms with Gasteiger partial charge in [-0.2, -0.15) is 0 Å². The molecule has 4 nitrogen and oxygen atoms in total. The van der Waals surface area contributed by atoms with Crippen molar-refractivity contribution in [3.05, 3.63) is 358 Å². The third kappa shape index (κ3) is 9.31. The summed E-state index contributed by atoms with van der Waals surface area (Å²) in [5.74, 6) is -0.408. The Labute approximate surface area is 546 Å². The minimum atomic E-state index is -0.546. The highest BCUT2D eigenvalue weighted by Crippen LogP contribution is 2.64. The number of hydrogen-bond donors (Lipinski definition) is 0. The number of aryl methyl sites for hydroxylation is 1. The maximum absolute atomic E-state index is 13.7. The van der Waals surface area contributed by atoms with Gasteiger partial charge in [0, 0.05) is 34.5 Å². The molecule has 4 aliphatic rings. The zero-order valence-electron chi connectivity index (χ0n) is 52.7. The molecular weight excluding hydrogens is 1130 g/mol. The van der Waals surface area contributed by atoms with E-state index in [1.54, 1.807) is 0 Å². The maximum atomic E-state index is 13.7. The molecule has 0 atom stereocenters. The molecule has 0 saturated heterocycles. The van der Waals surface area contributed by atoms with Gasteiger partial charge in [-0.3, -0.25) is 9.59 Å². The van der Waals surface area contributed by atoms with E-state index >= 15 is 0 Å². The van der Waals surface area contributed by atoms with E-state index in [1.165, 1.54) is 137 Å². The lowest BCUT2D eigenvalue weighted by atomic mass is 9.58. The molecule has 4 aliphatic carbocycles. The van der Waals surface area contributed by atoms with Crippen molar-refractivity contribution in [2.45, 2.75) is 79.4 Å². The zero-order valence-corrected chi connectivity index (χ0v) is 52.7. The van der Waals surface area contributed by atoms with Gasteiger partial charge in [-0.25, -0.2) is 0 Å². The molecule has 0 aliphatic heterocycles. The number of carbonyl (C=O) groups excluding carboxylic acids is 2. The van der Waals surface area contributed by atoms with E-state index < -0.39 is 21.7 Å². The van der Waals surface area contributed by atoms with Gasteiger partial charge < -0.3 is 9.47 Å². The van der Waals surface area contributed by atoms with E-state index in [1.807, 2.05) is 0 Å². The number of ether oxygens (including phenoxy) is 2. The van der Waals surface area contributed by atoms with Gasteiger partial charge in [0.25, 0.3) is 0 Å². The van der Waals surface area contributed by atoms with Gasteiger partial charge in [-0.15, -0.1) is 0 Å². The first-order valence-electron chi connectivity index (χ1n) is 33.0. The zero-order chi connectivity index (χ0) is 62.7. The van der Waals surface area contributed by atoms with Gasteiger partial charge in [-0.1, -0.05) is 291 Å². The quantitative estimate of drug-likeness (QED) is 0.0804. The molecule has 0 spiro atoms. The number of methoxy groups -OCH3 is 2. The molecule has 4 heteroatoms. The predicted octanol–water partition coefficient (Wildman–Crippen LogP) is 20.1. The average Bonchev–Trinajstić information content (AvgIpc) is 1.55. The molecule has 12 aromatic rings. The SMILES string of the molecule is COC(=O)CCc1ccccc1-c1ccccc1CC1(CC2(Cc3ccccc3-c3ccccc3CC3(CC4(CCC(=O)OC)c5ccccc5-c5ccccc54)c4ccccc4-c4ccccc43)c3ccccc3-c3ccccc32)c2ccccc2-c2ccccc21. The lowest BCUT2D eigenvalue weighted by Gasteiger charge is -2.44. The largest absolute Gasteiger partial charge is 0.469 e. The Hall–Kier alpha value is -10.4. The maximum Gasteiger partial charge on any atom is 0.305 e. The minimum absolute atomic E-state index is 0.198. The number of rotatable bonds is 18. The van der Waals surface area contributed by atoms with Gasteiger partial charge >= 0.3 is 11.9 Å². The molecule has 0 radical (unpaired) electrons. The second-order valence-electron chi connectivity index (χ2n) is 26.4. The first kappa shape index (κ1) is 57.7. The fourth-order valence-corrected chi connectivity index (χ4v) is 18.1. The van der Waals surface area contributed by atoms with Crippen molar-refractivity contribution < 1.29 is 19.1 Å². The van der Waals surface area contributed by atoms with E-state index in [2.05, 4.69) is 291 Å². The van der Waals surface area contributed by atoms with Crippen LogP contribution >= 0.6 is 0 Å². The third-order valence-corrected chi connectivity index (χ3v) is 21.8. The smallest absolute Gasteiger partial charge is 0.305 e. The Morgan fingerprint density at radius 2 is 0.452 bits per heavy atom. The summed E-state index contributed by atoms with van der Waals surface area (Å²) in [5, 5.41) is 0. The normalized spacial score (nSPS) is 14.7. The second kappa shape index (κ2) is 23.4. The minimum Gasteiger partial charge on any atom is -0.469 e. The summed E-state index contributed by atoms with van der Waals surface area (Å²) in [6.45, 7) is 0. The number of fused-ring (bicyclic) bond motifs is 12. The highest BCUT2D eigenvalue weighted by molar-refractivity contribution is 5.88. The van der Waals surface area contributed by atoms with Crippen LogP contribution < -0.4 is 0 Å². The van der Waals surface area contributed by atoms with Crippen LogP contribution in [0, 0.1) is 0 Å². The fourth-order valence-electron chi connectivity index (χ4n) is 18.1. The van der Waals surface area contributed by atoms with Crippen molar-refractivity contribution in [3.63, 3.8) is 0 Å². The molecule has 0 amide bonds. The molecule has 0 heterocycles. The number of hydrogen-bond acceptors (Lipinski definition) is 4. The van der Waals surface area contributed by atoms with Crippen LogP contribution in [0.2, 0.25) is 0 Å². The summed E-state index contributed by atoms with van der Waals surface area (Å²) in [6, 6.07) is 109. The molecule has 0 unspecified atom stereocenters. The summed E-state index contributed by atoms with van der Waals surface area (Å²) in [7, 11) is 2.99. The van der Waals surface area contributed by atoms with Gasteiger partial charge in [0.1, 0.15) is 0 Å². The number of esters is 2. The predicted molar refractivity (Wildman–Crippen MR) is 376 cm³/mol. The average molecular weight is 1210 g/mol. The van der Waals surface area contributed by atoms with Crippen LogP contribution in [-0.4, -0.2) is 26.2 Å². The van der Waals surface area contributed by atoms with Crippen LogP contribution in [0.1, 0.15) is 98.9 Å². The molecule has 0 N–H and O–H groups in total. The van der Waals surface area contributed by atoms with E-state index in [0.29, 0.717) is 25.7 Å². The molecular formula is C89H72O4. The van der Waals surface area contributed by atoms with Gasteiger partial charge in [0.15, 0.2) is 0 Å². The lowest BCUT2D eigenvalue weighted by molar-refractivity contribution is -0.141. The fraction of sp³-hybridized carbons (Fsp3) is 0.169. The molecule has 93 heavy (non-hydrogen) atoms. The second-order valence-corrected chi connectivity index (χ2v) is 26.4. The van der Waals surface area contributed by atoms with E-state index in [0.717, 1.165) is 36.8 Å². The summed E-state index contributed by atoms with van der Waals surface area (Å²) >= 11 is 0. The van der Waals surface area contributed by atoms with Crippen molar-refractivity contribution in [3.8, 4) is 66.8 Å². The number of benzene rings is 12. The first-order chi connectivity index (χ1) is 45.8. The molecule has 452 valence electrons. The van der Waals surface area contributed by atoms with Gasteiger partial charge in [0.05, 0.1) is 14.2 Å². The molecule has 0 saturated carbocycles. The summed E-state index contributed by atoms with van der Waals surface area (Å²) in [4.78, 5) is 26.4. The van der Waals surface area contributed by atoms with E-state index in [-0.39, 0.29) is 18.4 Å². The highest BCUT2D eigenvalue weighted by atomic mass is 16.5. The molecule has 16 rings (SSSR count).